The zero-order chi connectivity index (χ0) is 17.1. The predicted octanol–water partition coefficient (Wildman–Crippen LogP) is 3.98. The molecule has 0 spiro atoms. The summed E-state index contributed by atoms with van der Waals surface area (Å²) in [6.07, 6.45) is 3.00. The summed E-state index contributed by atoms with van der Waals surface area (Å²) in [4.78, 5) is 12.6. The molecule has 0 radical (unpaired) electrons. The minimum atomic E-state index is -0.396. The second-order valence-electron chi connectivity index (χ2n) is 6.45. The number of nitro benzene ring substituents is 1. The Morgan fingerprint density at radius 3 is 2.50 bits per heavy atom. The highest BCUT2D eigenvalue weighted by Gasteiger charge is 2.27. The minimum Gasteiger partial charge on any atom is -0.486 e. The normalized spacial score (nSPS) is 20.3. The first-order valence-corrected chi connectivity index (χ1v) is 8.20. The van der Waals surface area contributed by atoms with E-state index in [0.717, 1.165) is 19.3 Å². The number of fused-ring (bicyclic) bond motifs is 1. The molecule has 0 fully saturated rings. The topological polar surface area (TPSA) is 55.6 Å². The van der Waals surface area contributed by atoms with Crippen molar-refractivity contribution >= 4 is 5.69 Å². The van der Waals surface area contributed by atoms with Crippen molar-refractivity contribution in [2.45, 2.75) is 31.4 Å². The third-order valence-corrected chi connectivity index (χ3v) is 4.69. The Bertz CT molecular complexity index is 713. The molecule has 0 aliphatic heterocycles. The molecule has 0 saturated heterocycles. The zero-order valence-electron chi connectivity index (χ0n) is 14.0. The quantitative estimate of drug-likeness (QED) is 0.484. The fourth-order valence-corrected chi connectivity index (χ4v) is 3.28. The van der Waals surface area contributed by atoms with Crippen LogP contribution >= 0.6 is 0 Å². The van der Waals surface area contributed by atoms with Gasteiger partial charge in [0, 0.05) is 24.6 Å². The fraction of sp³-hybridized carbons (Fsp3) is 0.368. The molecule has 5 nitrogen and oxygen atoms in total. The molecule has 0 unspecified atom stereocenters. The lowest BCUT2D eigenvalue weighted by Gasteiger charge is -2.27. The van der Waals surface area contributed by atoms with Gasteiger partial charge in [0.25, 0.3) is 5.69 Å². The maximum Gasteiger partial charge on any atom is 0.269 e. The molecule has 0 saturated carbocycles. The molecule has 1 aliphatic rings. The van der Waals surface area contributed by atoms with Gasteiger partial charge in [-0.25, -0.2) is 0 Å². The van der Waals surface area contributed by atoms with E-state index in [0.29, 0.717) is 11.8 Å². The molecule has 24 heavy (non-hydrogen) atoms. The van der Waals surface area contributed by atoms with Gasteiger partial charge in [0.05, 0.1) is 4.92 Å². The summed E-state index contributed by atoms with van der Waals surface area (Å²) in [5.74, 6) is 0.666. The lowest BCUT2D eigenvalue weighted by atomic mass is 10.0. The molecule has 5 heteroatoms. The van der Waals surface area contributed by atoms with Crippen LogP contribution < -0.4 is 4.74 Å². The molecule has 0 heterocycles. The SMILES string of the molecule is CN(C)[C@H]1CCc2ccccc2[C@@H](Oc2ccc([N+](=O)[O-])cc2)C1. The van der Waals surface area contributed by atoms with Crippen molar-refractivity contribution in [3.05, 3.63) is 69.8 Å². The monoisotopic (exact) mass is 326 g/mol. The lowest BCUT2D eigenvalue weighted by Crippen LogP contribution is -2.30. The fourth-order valence-electron chi connectivity index (χ4n) is 3.28. The molecule has 3 rings (SSSR count). The van der Waals surface area contributed by atoms with Gasteiger partial charge in [0.15, 0.2) is 0 Å². The molecule has 0 N–H and O–H groups in total. The number of hydrogen-bond acceptors (Lipinski definition) is 4. The van der Waals surface area contributed by atoms with E-state index in [2.05, 4.69) is 37.2 Å². The molecule has 2 aromatic rings. The number of ether oxygens (including phenoxy) is 1. The number of nitro groups is 1. The van der Waals surface area contributed by atoms with E-state index in [9.17, 15) is 10.1 Å². The van der Waals surface area contributed by atoms with Gasteiger partial charge < -0.3 is 9.64 Å². The van der Waals surface area contributed by atoms with Gasteiger partial charge in [-0.05, 0) is 50.2 Å². The molecule has 0 amide bonds. The average Bonchev–Trinajstić information content (AvgIpc) is 2.76. The highest BCUT2D eigenvalue weighted by atomic mass is 16.6. The second-order valence-corrected chi connectivity index (χ2v) is 6.45. The Morgan fingerprint density at radius 1 is 1.12 bits per heavy atom. The first-order valence-electron chi connectivity index (χ1n) is 8.20. The van der Waals surface area contributed by atoms with Crippen LogP contribution in [0.15, 0.2) is 48.5 Å². The molecule has 1 aliphatic carbocycles. The van der Waals surface area contributed by atoms with E-state index in [4.69, 9.17) is 4.74 Å². The molecule has 0 bridgehead atoms. The highest BCUT2D eigenvalue weighted by molar-refractivity contribution is 5.37. The first-order chi connectivity index (χ1) is 11.5. The van der Waals surface area contributed by atoms with Crippen molar-refractivity contribution in [3.63, 3.8) is 0 Å². The summed E-state index contributed by atoms with van der Waals surface area (Å²) < 4.78 is 6.23. The van der Waals surface area contributed by atoms with E-state index >= 15 is 0 Å². The van der Waals surface area contributed by atoms with Crippen LogP contribution in [0.2, 0.25) is 0 Å². The van der Waals surface area contributed by atoms with Gasteiger partial charge >= 0.3 is 0 Å². The van der Waals surface area contributed by atoms with Gasteiger partial charge in [-0.15, -0.1) is 0 Å². The summed E-state index contributed by atoms with van der Waals surface area (Å²) in [7, 11) is 4.20. The second kappa shape index (κ2) is 7.01. The molecule has 126 valence electrons. The van der Waals surface area contributed by atoms with Crippen LogP contribution in [0.4, 0.5) is 5.69 Å². The van der Waals surface area contributed by atoms with Crippen LogP contribution in [0.1, 0.15) is 30.1 Å². The van der Waals surface area contributed by atoms with Crippen LogP contribution in [-0.4, -0.2) is 30.0 Å². The number of aryl methyl sites for hydroxylation is 1. The molecular formula is C19H22N2O3. The van der Waals surface area contributed by atoms with Gasteiger partial charge in [0.2, 0.25) is 0 Å². The third-order valence-electron chi connectivity index (χ3n) is 4.69. The average molecular weight is 326 g/mol. The number of benzene rings is 2. The van der Waals surface area contributed by atoms with Gasteiger partial charge in [0.1, 0.15) is 11.9 Å². The number of rotatable bonds is 4. The third kappa shape index (κ3) is 3.57. The number of hydrogen-bond donors (Lipinski definition) is 0. The Balaban J connectivity index is 1.86. The van der Waals surface area contributed by atoms with Crippen molar-refractivity contribution in [2.75, 3.05) is 14.1 Å². The molecule has 2 atom stereocenters. The zero-order valence-corrected chi connectivity index (χ0v) is 14.0. The Labute approximate surface area is 142 Å². The first kappa shape index (κ1) is 16.5. The number of nitrogens with zero attached hydrogens (tertiary/aromatic N) is 2. The van der Waals surface area contributed by atoms with Crippen molar-refractivity contribution < 1.29 is 9.66 Å². The lowest BCUT2D eigenvalue weighted by molar-refractivity contribution is -0.384. The Kier molecular flexibility index (Phi) is 4.81. The molecular weight excluding hydrogens is 304 g/mol. The van der Waals surface area contributed by atoms with E-state index in [1.54, 1.807) is 12.1 Å². The van der Waals surface area contributed by atoms with E-state index in [1.165, 1.54) is 23.3 Å². The highest BCUT2D eigenvalue weighted by Crippen LogP contribution is 2.34. The molecule has 2 aromatic carbocycles. The van der Waals surface area contributed by atoms with Crippen LogP contribution in [-0.2, 0) is 6.42 Å². The van der Waals surface area contributed by atoms with Crippen molar-refractivity contribution in [1.82, 2.24) is 4.90 Å². The van der Waals surface area contributed by atoms with E-state index < -0.39 is 4.92 Å². The smallest absolute Gasteiger partial charge is 0.269 e. The van der Waals surface area contributed by atoms with Gasteiger partial charge in [-0.2, -0.15) is 0 Å². The summed E-state index contributed by atoms with van der Waals surface area (Å²) >= 11 is 0. The summed E-state index contributed by atoms with van der Waals surface area (Å²) in [5, 5.41) is 10.8. The maximum absolute atomic E-state index is 10.8. The van der Waals surface area contributed by atoms with E-state index in [1.807, 2.05) is 6.07 Å². The Morgan fingerprint density at radius 2 is 1.83 bits per heavy atom. The van der Waals surface area contributed by atoms with E-state index in [-0.39, 0.29) is 11.8 Å². The summed E-state index contributed by atoms with van der Waals surface area (Å²) in [6, 6.07) is 15.2. The number of non-ortho nitro benzene ring substituents is 1. The summed E-state index contributed by atoms with van der Waals surface area (Å²) in [5.41, 5.74) is 2.63. The summed E-state index contributed by atoms with van der Waals surface area (Å²) in [6.45, 7) is 0. The largest absolute Gasteiger partial charge is 0.486 e. The predicted molar refractivity (Wildman–Crippen MR) is 93.3 cm³/mol. The molecule has 0 aromatic heterocycles. The van der Waals surface area contributed by atoms with Crippen LogP contribution in [0.5, 0.6) is 5.75 Å². The van der Waals surface area contributed by atoms with Crippen LogP contribution in [0.3, 0.4) is 0 Å². The van der Waals surface area contributed by atoms with Crippen molar-refractivity contribution in [2.24, 2.45) is 0 Å². The van der Waals surface area contributed by atoms with Crippen molar-refractivity contribution in [1.29, 1.82) is 0 Å². The van der Waals surface area contributed by atoms with Crippen molar-refractivity contribution in [3.8, 4) is 5.75 Å². The van der Waals surface area contributed by atoms with Gasteiger partial charge in [-0.1, -0.05) is 24.3 Å². The standard InChI is InChI=1S/C19H22N2O3/c1-20(2)16-8-7-14-5-3-4-6-18(14)19(13-16)24-17-11-9-15(10-12-17)21(22)23/h3-6,9-12,16,19H,7-8,13H2,1-2H3/t16-,19-/m0/s1. The minimum absolute atomic E-state index is 0.0439. The van der Waals surface area contributed by atoms with Crippen LogP contribution in [0, 0.1) is 10.1 Å². The van der Waals surface area contributed by atoms with Gasteiger partial charge in [-0.3, -0.25) is 10.1 Å². The Hall–Kier alpha value is -2.40. The maximum atomic E-state index is 10.8. The van der Waals surface area contributed by atoms with Crippen LogP contribution in [0.25, 0.3) is 0 Å².